The summed E-state index contributed by atoms with van der Waals surface area (Å²) in [5.74, 6) is 4.45. The zero-order chi connectivity index (χ0) is 15.4. The third-order valence-corrected chi connectivity index (χ3v) is 7.90. The lowest BCUT2D eigenvalue weighted by atomic mass is 9.85. The molecule has 0 amide bonds. The van der Waals surface area contributed by atoms with Crippen molar-refractivity contribution in [1.29, 1.82) is 0 Å². The smallest absolute Gasteiger partial charge is 0.127 e. The van der Waals surface area contributed by atoms with Gasteiger partial charge in [0.25, 0.3) is 0 Å². The Balaban J connectivity index is 1.88. The predicted molar refractivity (Wildman–Crippen MR) is 93.3 cm³/mol. The van der Waals surface area contributed by atoms with Crippen molar-refractivity contribution in [3.05, 3.63) is 53.0 Å². The highest BCUT2D eigenvalue weighted by Gasteiger charge is 2.51. The number of hydrogen-bond acceptors (Lipinski definition) is 1. The molecule has 0 heterocycles. The average Bonchev–Trinajstić information content (AvgIpc) is 2.83. The number of allylic oxidation sites excluding steroid dienone is 4. The van der Waals surface area contributed by atoms with Gasteiger partial charge >= 0.3 is 0 Å². The van der Waals surface area contributed by atoms with Gasteiger partial charge < -0.3 is 4.98 Å². The van der Waals surface area contributed by atoms with Crippen molar-refractivity contribution < 1.29 is 0 Å². The SMILES string of the molecule is C[C]1[CH][C]2C=C3CCCC3=C[C]2[C]1[Si](C)(C)NC(C)(C)C. The van der Waals surface area contributed by atoms with Gasteiger partial charge in [-0.3, -0.25) is 0 Å². The molecule has 1 N–H and O–H groups in total. The van der Waals surface area contributed by atoms with Crippen LogP contribution in [0.3, 0.4) is 0 Å². The van der Waals surface area contributed by atoms with E-state index in [1.165, 1.54) is 37.0 Å². The number of nitrogens with one attached hydrogen (secondary N) is 1. The topological polar surface area (TPSA) is 12.0 Å². The molecule has 0 spiro atoms. The van der Waals surface area contributed by atoms with E-state index < -0.39 is 8.24 Å². The van der Waals surface area contributed by atoms with Crippen LogP contribution in [0.4, 0.5) is 0 Å². The van der Waals surface area contributed by atoms with Crippen LogP contribution in [0.15, 0.2) is 23.3 Å². The van der Waals surface area contributed by atoms with Crippen LogP contribution in [0, 0.1) is 29.7 Å². The first-order chi connectivity index (χ1) is 9.67. The molecule has 2 heteroatoms. The molecule has 2 saturated carbocycles. The van der Waals surface area contributed by atoms with Gasteiger partial charge in [-0.25, -0.2) is 0 Å². The molecule has 0 aromatic rings. The zero-order valence-electron chi connectivity index (χ0n) is 14.4. The van der Waals surface area contributed by atoms with E-state index in [4.69, 9.17) is 0 Å². The van der Waals surface area contributed by atoms with Crippen LogP contribution in [0.1, 0.15) is 47.0 Å². The standard InChI is InChI=1S/C19H28NSi/c1-13-10-16-11-14-8-7-9-15(14)12-17(16)18(13)21(5,6)20-19(2,3)4/h10-12,20H,7-9H2,1-6H3. The molecule has 0 aromatic heterocycles. The maximum Gasteiger partial charge on any atom is 0.127 e. The molecule has 0 bridgehead atoms. The third-order valence-electron chi connectivity index (χ3n) is 4.61. The molecule has 1 nitrogen and oxygen atoms in total. The van der Waals surface area contributed by atoms with Crippen molar-refractivity contribution in [2.45, 2.75) is 65.6 Å². The lowest BCUT2D eigenvalue weighted by molar-refractivity contribution is 0.512. The second kappa shape index (κ2) is 5.09. The van der Waals surface area contributed by atoms with E-state index in [2.05, 4.69) is 64.3 Å². The van der Waals surface area contributed by atoms with Crippen LogP contribution < -0.4 is 4.98 Å². The molecule has 0 aromatic carbocycles. The molecule has 21 heavy (non-hydrogen) atoms. The Morgan fingerprint density at radius 1 is 1.05 bits per heavy atom. The first-order valence-electron chi connectivity index (χ1n) is 8.19. The van der Waals surface area contributed by atoms with Gasteiger partial charge in [0, 0.05) is 22.9 Å². The first-order valence-corrected chi connectivity index (χ1v) is 11.2. The van der Waals surface area contributed by atoms with Crippen molar-refractivity contribution >= 4 is 8.24 Å². The largest absolute Gasteiger partial charge is 0.332 e. The van der Waals surface area contributed by atoms with Gasteiger partial charge in [-0.15, -0.1) is 0 Å². The quantitative estimate of drug-likeness (QED) is 0.728. The van der Waals surface area contributed by atoms with Crippen LogP contribution in [0.2, 0.25) is 13.1 Å². The Morgan fingerprint density at radius 2 is 1.67 bits per heavy atom. The fraction of sp³-hybridized carbons (Fsp3) is 0.526. The zero-order valence-corrected chi connectivity index (χ0v) is 15.4. The Bertz CT molecular complexity index is 480. The Kier molecular flexibility index (Phi) is 3.77. The number of hydrogen-bond donors (Lipinski definition) is 1. The molecule has 0 unspecified atom stereocenters. The molecule has 113 valence electrons. The Labute approximate surface area is 132 Å². The summed E-state index contributed by atoms with van der Waals surface area (Å²) in [6.07, 6.45) is 11.2. The maximum atomic E-state index is 3.94. The molecular formula is C19H28NSi. The van der Waals surface area contributed by atoms with Crippen LogP contribution in [-0.4, -0.2) is 13.8 Å². The summed E-state index contributed by atoms with van der Waals surface area (Å²) < 4.78 is 0. The summed E-state index contributed by atoms with van der Waals surface area (Å²) in [7, 11) is -1.65. The van der Waals surface area contributed by atoms with Crippen molar-refractivity contribution in [1.82, 2.24) is 4.98 Å². The highest BCUT2D eigenvalue weighted by molar-refractivity contribution is 6.82. The minimum absolute atomic E-state index is 0.169. The fourth-order valence-electron chi connectivity index (χ4n) is 4.33. The normalized spacial score (nSPS) is 25.8. The van der Waals surface area contributed by atoms with Gasteiger partial charge in [0.15, 0.2) is 0 Å². The Hall–Kier alpha value is -0.343. The molecule has 3 aliphatic carbocycles. The van der Waals surface area contributed by atoms with Gasteiger partial charge in [0.2, 0.25) is 0 Å². The van der Waals surface area contributed by atoms with Crippen LogP contribution in [-0.2, 0) is 0 Å². The van der Waals surface area contributed by atoms with Crippen molar-refractivity contribution in [3.8, 4) is 0 Å². The van der Waals surface area contributed by atoms with Crippen molar-refractivity contribution in [2.24, 2.45) is 0 Å². The third kappa shape index (κ3) is 2.94. The van der Waals surface area contributed by atoms with E-state index in [-0.39, 0.29) is 5.54 Å². The predicted octanol–water partition coefficient (Wildman–Crippen LogP) is 4.70. The second-order valence-electron chi connectivity index (χ2n) is 8.26. The molecular weight excluding hydrogens is 270 g/mol. The molecule has 0 saturated heterocycles. The molecule has 3 aliphatic rings. The highest BCUT2D eigenvalue weighted by atomic mass is 28.3. The van der Waals surface area contributed by atoms with E-state index in [1.807, 2.05) is 0 Å². The number of rotatable bonds is 2. The van der Waals surface area contributed by atoms with E-state index in [1.54, 1.807) is 16.7 Å². The second-order valence-corrected chi connectivity index (χ2v) is 12.3. The van der Waals surface area contributed by atoms with E-state index in [9.17, 15) is 0 Å². The van der Waals surface area contributed by atoms with Gasteiger partial charge in [0.1, 0.15) is 8.24 Å². The minimum atomic E-state index is -1.65. The van der Waals surface area contributed by atoms with Gasteiger partial charge in [-0.05, 0) is 63.5 Å². The van der Waals surface area contributed by atoms with Crippen molar-refractivity contribution in [2.75, 3.05) is 0 Å². The van der Waals surface area contributed by atoms with Crippen LogP contribution >= 0.6 is 0 Å². The molecule has 0 atom stereocenters. The minimum Gasteiger partial charge on any atom is -0.332 e. The van der Waals surface area contributed by atoms with E-state index in [0.29, 0.717) is 0 Å². The average molecular weight is 299 g/mol. The fourth-order valence-corrected chi connectivity index (χ4v) is 8.27. The Morgan fingerprint density at radius 3 is 2.29 bits per heavy atom. The summed E-state index contributed by atoms with van der Waals surface area (Å²) in [6, 6.07) is 0. The van der Waals surface area contributed by atoms with Crippen LogP contribution in [0.5, 0.6) is 0 Å². The van der Waals surface area contributed by atoms with Gasteiger partial charge in [-0.1, -0.05) is 32.2 Å². The number of fused-ring (bicyclic) bond motifs is 2. The van der Waals surface area contributed by atoms with Crippen LogP contribution in [0.25, 0.3) is 0 Å². The summed E-state index contributed by atoms with van der Waals surface area (Å²) in [4.78, 5) is 3.94. The molecule has 3 rings (SSSR count). The summed E-state index contributed by atoms with van der Waals surface area (Å²) >= 11 is 0. The molecule has 0 aliphatic heterocycles. The summed E-state index contributed by atoms with van der Waals surface area (Å²) in [6.45, 7) is 14.0. The highest BCUT2D eigenvalue weighted by Crippen LogP contribution is 2.55. The van der Waals surface area contributed by atoms with Crippen molar-refractivity contribution in [3.63, 3.8) is 0 Å². The molecule has 2 fully saturated rings. The van der Waals surface area contributed by atoms with Gasteiger partial charge in [0.05, 0.1) is 0 Å². The summed E-state index contributed by atoms with van der Waals surface area (Å²) in [5, 5.41) is 0. The van der Waals surface area contributed by atoms with Gasteiger partial charge in [-0.2, -0.15) is 0 Å². The van der Waals surface area contributed by atoms with E-state index in [0.717, 1.165) is 0 Å². The van der Waals surface area contributed by atoms with E-state index >= 15 is 0 Å². The first kappa shape index (κ1) is 15.5. The summed E-state index contributed by atoms with van der Waals surface area (Å²) in [5.41, 5.74) is 4.96. The monoisotopic (exact) mass is 298 g/mol. The lowest BCUT2D eigenvalue weighted by Gasteiger charge is -2.41. The maximum absolute atomic E-state index is 3.94. The molecule has 5 radical (unpaired) electrons. The lowest BCUT2D eigenvalue weighted by Crippen LogP contribution is -2.59.